The van der Waals surface area contributed by atoms with Crippen LogP contribution in [0, 0.1) is 10.1 Å². The van der Waals surface area contributed by atoms with Gasteiger partial charge >= 0.3 is 5.69 Å². The zero-order valence-corrected chi connectivity index (χ0v) is 10.1. The minimum absolute atomic E-state index is 0. The van der Waals surface area contributed by atoms with E-state index in [-0.39, 0.29) is 18.1 Å². The maximum Gasteiger partial charge on any atom is 0.310 e. The summed E-state index contributed by atoms with van der Waals surface area (Å²) in [5, 5.41) is 10.6. The number of hydrogen-bond acceptors (Lipinski definition) is 4. The van der Waals surface area contributed by atoms with E-state index in [1.807, 2.05) is 19.0 Å². The van der Waals surface area contributed by atoms with Crippen molar-refractivity contribution in [3.63, 3.8) is 0 Å². The molecule has 1 rings (SSSR count). The second-order valence-electron chi connectivity index (χ2n) is 3.38. The number of rotatable bonds is 5. The standard InChI is InChI=1S/C10H14N2O3.ClH/c1-11(2)7-8-15-10-6-4-3-5-9(10)12(13)14;/h3-6H,7-8H2,1-2H3;1H. The average Bonchev–Trinajstić information content (AvgIpc) is 2.17. The monoisotopic (exact) mass is 246 g/mol. The first kappa shape index (κ1) is 14.7. The van der Waals surface area contributed by atoms with E-state index in [9.17, 15) is 10.1 Å². The molecule has 5 nitrogen and oxygen atoms in total. The molecule has 0 saturated carbocycles. The fraction of sp³-hybridized carbons (Fsp3) is 0.400. The van der Waals surface area contributed by atoms with Crippen LogP contribution in [0.25, 0.3) is 0 Å². The summed E-state index contributed by atoms with van der Waals surface area (Å²) in [5.74, 6) is 0.323. The van der Waals surface area contributed by atoms with Gasteiger partial charge < -0.3 is 9.64 Å². The molecule has 1 aromatic carbocycles. The number of para-hydroxylation sites is 2. The van der Waals surface area contributed by atoms with Crippen LogP contribution in [-0.4, -0.2) is 37.1 Å². The van der Waals surface area contributed by atoms with Gasteiger partial charge in [-0.2, -0.15) is 0 Å². The first-order valence-electron chi connectivity index (χ1n) is 4.62. The Hall–Kier alpha value is -1.33. The maximum absolute atomic E-state index is 10.6. The Labute approximate surface area is 101 Å². The molecule has 0 bridgehead atoms. The Morgan fingerprint density at radius 3 is 2.56 bits per heavy atom. The van der Waals surface area contributed by atoms with Crippen LogP contribution in [-0.2, 0) is 0 Å². The predicted molar refractivity (Wildman–Crippen MR) is 64.4 cm³/mol. The lowest BCUT2D eigenvalue weighted by atomic mass is 10.3. The van der Waals surface area contributed by atoms with Gasteiger partial charge in [-0.1, -0.05) is 12.1 Å². The van der Waals surface area contributed by atoms with E-state index in [1.54, 1.807) is 18.2 Å². The summed E-state index contributed by atoms with van der Waals surface area (Å²) < 4.78 is 5.33. The Bertz CT molecular complexity index is 345. The summed E-state index contributed by atoms with van der Waals surface area (Å²) in [7, 11) is 3.84. The fourth-order valence-corrected chi connectivity index (χ4v) is 1.07. The van der Waals surface area contributed by atoms with Crippen molar-refractivity contribution in [3.8, 4) is 5.75 Å². The van der Waals surface area contributed by atoms with E-state index in [0.717, 1.165) is 6.54 Å². The van der Waals surface area contributed by atoms with Gasteiger partial charge in [0.1, 0.15) is 6.61 Å². The number of ether oxygens (including phenoxy) is 1. The highest BCUT2D eigenvalue weighted by molar-refractivity contribution is 5.85. The van der Waals surface area contributed by atoms with Gasteiger partial charge in [-0.05, 0) is 20.2 Å². The van der Waals surface area contributed by atoms with Crippen LogP contribution in [0.15, 0.2) is 24.3 Å². The molecule has 0 N–H and O–H groups in total. The third kappa shape index (κ3) is 4.46. The molecule has 0 spiro atoms. The van der Waals surface area contributed by atoms with Crippen LogP contribution in [0.1, 0.15) is 0 Å². The zero-order chi connectivity index (χ0) is 11.3. The largest absolute Gasteiger partial charge is 0.485 e. The predicted octanol–water partition coefficient (Wildman–Crippen LogP) is 1.96. The molecule has 16 heavy (non-hydrogen) atoms. The molecule has 6 heteroatoms. The van der Waals surface area contributed by atoms with Crippen molar-refractivity contribution >= 4 is 18.1 Å². The van der Waals surface area contributed by atoms with Gasteiger partial charge in [-0.25, -0.2) is 0 Å². The second-order valence-corrected chi connectivity index (χ2v) is 3.38. The molecular formula is C10H15ClN2O3. The van der Waals surface area contributed by atoms with Crippen LogP contribution in [0.5, 0.6) is 5.75 Å². The molecular weight excluding hydrogens is 232 g/mol. The number of likely N-dealkylation sites (N-methyl/N-ethyl adjacent to an activating group) is 1. The average molecular weight is 247 g/mol. The van der Waals surface area contributed by atoms with E-state index >= 15 is 0 Å². The van der Waals surface area contributed by atoms with Crippen molar-refractivity contribution in [2.24, 2.45) is 0 Å². The lowest BCUT2D eigenvalue weighted by Crippen LogP contribution is -2.19. The zero-order valence-electron chi connectivity index (χ0n) is 9.25. The summed E-state index contributed by atoms with van der Waals surface area (Å²) in [6, 6.07) is 6.38. The number of nitro benzene ring substituents is 1. The molecule has 0 aliphatic rings. The summed E-state index contributed by atoms with van der Waals surface area (Å²) in [6.45, 7) is 1.17. The Morgan fingerprint density at radius 2 is 2.00 bits per heavy atom. The summed E-state index contributed by atoms with van der Waals surface area (Å²) in [5.41, 5.74) is 0.0104. The molecule has 0 unspecified atom stereocenters. The molecule has 0 heterocycles. The first-order chi connectivity index (χ1) is 7.11. The fourth-order valence-electron chi connectivity index (χ4n) is 1.07. The van der Waals surface area contributed by atoms with E-state index < -0.39 is 4.92 Å². The summed E-state index contributed by atoms with van der Waals surface area (Å²) in [4.78, 5) is 12.1. The van der Waals surface area contributed by atoms with Crippen molar-refractivity contribution in [2.75, 3.05) is 27.2 Å². The van der Waals surface area contributed by atoms with E-state index in [4.69, 9.17) is 4.74 Å². The van der Waals surface area contributed by atoms with Gasteiger partial charge in [0.25, 0.3) is 0 Å². The van der Waals surface area contributed by atoms with Gasteiger partial charge in [0.05, 0.1) is 4.92 Å². The normalized spacial score (nSPS) is 9.69. The highest BCUT2D eigenvalue weighted by Crippen LogP contribution is 2.25. The summed E-state index contributed by atoms with van der Waals surface area (Å²) in [6.07, 6.45) is 0. The van der Waals surface area contributed by atoms with Crippen LogP contribution in [0.3, 0.4) is 0 Å². The molecule has 0 aromatic heterocycles. The SMILES string of the molecule is CN(C)CCOc1ccccc1[N+](=O)[O-].Cl. The smallest absolute Gasteiger partial charge is 0.310 e. The van der Waals surface area contributed by atoms with Crippen molar-refractivity contribution in [1.29, 1.82) is 0 Å². The number of nitrogens with zero attached hydrogens (tertiary/aromatic N) is 2. The molecule has 0 aliphatic carbocycles. The topological polar surface area (TPSA) is 55.6 Å². The van der Waals surface area contributed by atoms with E-state index in [2.05, 4.69) is 0 Å². The van der Waals surface area contributed by atoms with Gasteiger partial charge in [0.15, 0.2) is 5.75 Å². The van der Waals surface area contributed by atoms with Crippen molar-refractivity contribution in [2.45, 2.75) is 0 Å². The Kier molecular flexibility index (Phi) is 6.44. The summed E-state index contributed by atoms with van der Waals surface area (Å²) >= 11 is 0. The van der Waals surface area contributed by atoms with Crippen molar-refractivity contribution in [1.82, 2.24) is 4.90 Å². The quantitative estimate of drug-likeness (QED) is 0.589. The number of benzene rings is 1. The lowest BCUT2D eigenvalue weighted by Gasteiger charge is -2.10. The molecule has 0 amide bonds. The minimum atomic E-state index is -0.439. The van der Waals surface area contributed by atoms with Crippen molar-refractivity contribution < 1.29 is 9.66 Å². The first-order valence-corrected chi connectivity index (χ1v) is 4.62. The molecule has 0 saturated heterocycles. The van der Waals surface area contributed by atoms with Gasteiger partial charge in [0.2, 0.25) is 0 Å². The Morgan fingerprint density at radius 1 is 1.38 bits per heavy atom. The van der Waals surface area contributed by atoms with E-state index in [0.29, 0.717) is 12.4 Å². The lowest BCUT2D eigenvalue weighted by molar-refractivity contribution is -0.385. The van der Waals surface area contributed by atoms with Gasteiger partial charge in [-0.3, -0.25) is 10.1 Å². The van der Waals surface area contributed by atoms with Gasteiger partial charge in [-0.15, -0.1) is 12.4 Å². The molecule has 0 fully saturated rings. The van der Waals surface area contributed by atoms with Crippen LogP contribution in [0.4, 0.5) is 5.69 Å². The number of nitro groups is 1. The Balaban J connectivity index is 0.00000225. The van der Waals surface area contributed by atoms with Crippen molar-refractivity contribution in [3.05, 3.63) is 34.4 Å². The number of halogens is 1. The highest BCUT2D eigenvalue weighted by Gasteiger charge is 2.12. The third-order valence-corrected chi connectivity index (χ3v) is 1.86. The maximum atomic E-state index is 10.6. The molecule has 90 valence electrons. The molecule has 0 aliphatic heterocycles. The minimum Gasteiger partial charge on any atom is -0.485 e. The molecule has 0 radical (unpaired) electrons. The molecule has 0 atom stereocenters. The third-order valence-electron chi connectivity index (χ3n) is 1.86. The van der Waals surface area contributed by atoms with E-state index in [1.165, 1.54) is 6.07 Å². The van der Waals surface area contributed by atoms with Gasteiger partial charge in [0, 0.05) is 12.6 Å². The van der Waals surface area contributed by atoms with Crippen LogP contribution >= 0.6 is 12.4 Å². The second kappa shape index (κ2) is 7.03. The number of hydrogen-bond donors (Lipinski definition) is 0. The highest BCUT2D eigenvalue weighted by atomic mass is 35.5. The van der Waals surface area contributed by atoms with Crippen LogP contribution in [0.2, 0.25) is 0 Å². The van der Waals surface area contributed by atoms with Crippen LogP contribution < -0.4 is 4.74 Å². The molecule has 1 aromatic rings.